The summed E-state index contributed by atoms with van der Waals surface area (Å²) < 4.78 is 0. The van der Waals surface area contributed by atoms with E-state index in [1.807, 2.05) is 0 Å². The Labute approximate surface area is 43.6 Å². The zero-order valence-electron chi connectivity index (χ0n) is 4.22. The molecule has 1 aliphatic rings. The molecular weight excluding hydrogens is 86.1 g/mol. The second-order valence-corrected chi connectivity index (χ2v) is 1.89. The second kappa shape index (κ2) is 1.92. The molecule has 0 unspecified atom stereocenters. The lowest BCUT2D eigenvalue weighted by molar-refractivity contribution is 1.13. The van der Waals surface area contributed by atoms with Crippen LogP contribution in [0, 0.1) is 11.3 Å². The molecule has 0 radical (unpaired) electrons. The average Bonchev–Trinajstić information content (AvgIpc) is 2.42. The normalized spacial score (nSPS) is 20.6. The third-order valence-corrected chi connectivity index (χ3v) is 1.10. The van der Waals surface area contributed by atoms with Gasteiger partial charge in [-0.1, -0.05) is 6.08 Å². The van der Waals surface area contributed by atoms with Gasteiger partial charge < -0.3 is 5.41 Å². The van der Waals surface area contributed by atoms with Crippen LogP contribution in [0.1, 0.15) is 12.8 Å². The fourth-order valence-corrected chi connectivity index (χ4v) is 0.501. The summed E-state index contributed by atoms with van der Waals surface area (Å²) in [6.07, 6.45) is 7.90. The van der Waals surface area contributed by atoms with E-state index in [1.54, 1.807) is 6.08 Å². The van der Waals surface area contributed by atoms with Gasteiger partial charge in [0.1, 0.15) is 0 Å². The maximum absolute atomic E-state index is 6.61. The lowest BCUT2D eigenvalue weighted by Crippen LogP contribution is -1.61. The quantitative estimate of drug-likeness (QED) is 0.504. The lowest BCUT2D eigenvalue weighted by atomic mass is 10.4. The van der Waals surface area contributed by atoms with Crippen molar-refractivity contribution in [3.05, 3.63) is 12.2 Å². The summed E-state index contributed by atoms with van der Waals surface area (Å²) in [6, 6.07) is 0. The van der Waals surface area contributed by atoms with Crippen LogP contribution in [0.25, 0.3) is 0 Å². The van der Waals surface area contributed by atoms with Crippen molar-refractivity contribution in [1.29, 1.82) is 5.41 Å². The first-order valence-electron chi connectivity index (χ1n) is 2.61. The van der Waals surface area contributed by atoms with Gasteiger partial charge in [0.25, 0.3) is 0 Å². The van der Waals surface area contributed by atoms with Crippen LogP contribution in [0.2, 0.25) is 0 Å². The van der Waals surface area contributed by atoms with E-state index in [9.17, 15) is 0 Å². The van der Waals surface area contributed by atoms with E-state index < -0.39 is 0 Å². The highest BCUT2D eigenvalue weighted by Gasteiger charge is 2.16. The summed E-state index contributed by atoms with van der Waals surface area (Å²) in [6.45, 7) is 0. The van der Waals surface area contributed by atoms with Crippen molar-refractivity contribution < 1.29 is 0 Å². The Bertz CT molecular complexity index is 90.4. The van der Waals surface area contributed by atoms with Crippen LogP contribution in [-0.4, -0.2) is 6.21 Å². The van der Waals surface area contributed by atoms with E-state index in [-0.39, 0.29) is 0 Å². The van der Waals surface area contributed by atoms with Gasteiger partial charge in [-0.25, -0.2) is 0 Å². The Kier molecular flexibility index (Phi) is 1.25. The van der Waals surface area contributed by atoms with Crippen molar-refractivity contribution in [3.8, 4) is 0 Å². The molecule has 0 bridgehead atoms. The first-order chi connectivity index (χ1) is 3.43. The summed E-state index contributed by atoms with van der Waals surface area (Å²) in [7, 11) is 0. The molecule has 1 nitrogen and oxygen atoms in total. The first kappa shape index (κ1) is 4.57. The molecule has 0 spiro atoms. The summed E-state index contributed by atoms with van der Waals surface area (Å²) in [5, 5.41) is 6.61. The van der Waals surface area contributed by atoms with Crippen LogP contribution in [0.15, 0.2) is 12.2 Å². The SMILES string of the molecule is N=C/C=C\C1CC1. The molecule has 1 heteroatoms. The molecular formula is C6H9N. The second-order valence-electron chi connectivity index (χ2n) is 1.89. The zero-order valence-corrected chi connectivity index (χ0v) is 4.22. The number of hydrogen-bond acceptors (Lipinski definition) is 1. The van der Waals surface area contributed by atoms with Gasteiger partial charge in [0.2, 0.25) is 0 Å². The standard InChI is InChI=1S/C6H9N/c7-5-1-2-6-3-4-6/h1-2,5-7H,3-4H2/b2-1-,7-5?. The highest BCUT2D eigenvalue weighted by Crippen LogP contribution is 2.29. The third kappa shape index (κ3) is 1.53. The van der Waals surface area contributed by atoms with E-state index in [0.29, 0.717) is 0 Å². The highest BCUT2D eigenvalue weighted by molar-refractivity contribution is 5.67. The van der Waals surface area contributed by atoms with Crippen LogP contribution >= 0.6 is 0 Å². The molecule has 0 aromatic rings. The molecule has 0 heterocycles. The van der Waals surface area contributed by atoms with Crippen molar-refractivity contribution in [2.75, 3.05) is 0 Å². The molecule has 7 heavy (non-hydrogen) atoms. The first-order valence-corrected chi connectivity index (χ1v) is 2.61. The van der Waals surface area contributed by atoms with Crippen LogP contribution in [-0.2, 0) is 0 Å². The molecule has 1 fully saturated rings. The average molecular weight is 95.1 g/mol. The Morgan fingerprint density at radius 1 is 1.43 bits per heavy atom. The number of hydrogen-bond donors (Lipinski definition) is 1. The Hall–Kier alpha value is -0.590. The molecule has 0 aromatic carbocycles. The predicted octanol–water partition coefficient (Wildman–Crippen LogP) is 1.60. The third-order valence-electron chi connectivity index (χ3n) is 1.10. The van der Waals surface area contributed by atoms with Crippen LogP contribution < -0.4 is 0 Å². The number of allylic oxidation sites excluding steroid dienone is 2. The molecule has 0 saturated heterocycles. The minimum absolute atomic E-state index is 0.821. The predicted molar refractivity (Wildman–Crippen MR) is 30.6 cm³/mol. The van der Waals surface area contributed by atoms with Gasteiger partial charge in [0.15, 0.2) is 0 Å². The maximum atomic E-state index is 6.61. The van der Waals surface area contributed by atoms with E-state index in [1.165, 1.54) is 19.1 Å². The van der Waals surface area contributed by atoms with Gasteiger partial charge in [0.05, 0.1) is 0 Å². The molecule has 38 valence electrons. The largest absolute Gasteiger partial charge is 0.309 e. The summed E-state index contributed by atoms with van der Waals surface area (Å²) in [5.41, 5.74) is 0. The minimum Gasteiger partial charge on any atom is -0.309 e. The topological polar surface area (TPSA) is 23.9 Å². The van der Waals surface area contributed by atoms with Crippen molar-refractivity contribution in [3.63, 3.8) is 0 Å². The van der Waals surface area contributed by atoms with E-state index >= 15 is 0 Å². The molecule has 1 N–H and O–H groups in total. The molecule has 0 aromatic heterocycles. The maximum Gasteiger partial charge on any atom is 0.0174 e. The monoisotopic (exact) mass is 95.1 g/mol. The van der Waals surface area contributed by atoms with Gasteiger partial charge >= 0.3 is 0 Å². The van der Waals surface area contributed by atoms with E-state index in [2.05, 4.69) is 6.08 Å². The lowest BCUT2D eigenvalue weighted by Gasteiger charge is -1.70. The van der Waals surface area contributed by atoms with Gasteiger partial charge in [-0.05, 0) is 24.8 Å². The van der Waals surface area contributed by atoms with Gasteiger partial charge in [-0.3, -0.25) is 0 Å². The Morgan fingerprint density at radius 3 is 2.57 bits per heavy atom. The van der Waals surface area contributed by atoms with Crippen molar-refractivity contribution in [1.82, 2.24) is 0 Å². The van der Waals surface area contributed by atoms with Crippen molar-refractivity contribution in [2.24, 2.45) is 5.92 Å². The molecule has 1 aliphatic carbocycles. The van der Waals surface area contributed by atoms with Crippen molar-refractivity contribution in [2.45, 2.75) is 12.8 Å². The smallest absolute Gasteiger partial charge is 0.0174 e. The summed E-state index contributed by atoms with van der Waals surface area (Å²) in [4.78, 5) is 0. The molecule has 0 aliphatic heterocycles. The molecule has 0 amide bonds. The van der Waals surface area contributed by atoms with Crippen LogP contribution in [0.3, 0.4) is 0 Å². The fraction of sp³-hybridized carbons (Fsp3) is 0.500. The summed E-state index contributed by atoms with van der Waals surface area (Å²) >= 11 is 0. The van der Waals surface area contributed by atoms with E-state index in [4.69, 9.17) is 5.41 Å². The zero-order chi connectivity index (χ0) is 5.11. The molecule has 0 atom stereocenters. The Morgan fingerprint density at radius 2 is 2.14 bits per heavy atom. The van der Waals surface area contributed by atoms with Crippen LogP contribution in [0.4, 0.5) is 0 Å². The number of rotatable bonds is 2. The Balaban J connectivity index is 2.17. The molecule has 1 rings (SSSR count). The van der Waals surface area contributed by atoms with Gasteiger partial charge in [0, 0.05) is 6.21 Å². The van der Waals surface area contributed by atoms with Gasteiger partial charge in [-0.2, -0.15) is 0 Å². The minimum atomic E-state index is 0.821. The molecule has 1 saturated carbocycles. The summed E-state index contributed by atoms with van der Waals surface area (Å²) in [5.74, 6) is 0.821. The number of nitrogens with one attached hydrogen (secondary N) is 1. The van der Waals surface area contributed by atoms with Crippen LogP contribution in [0.5, 0.6) is 0 Å². The van der Waals surface area contributed by atoms with Crippen molar-refractivity contribution >= 4 is 6.21 Å². The fourth-order valence-electron chi connectivity index (χ4n) is 0.501. The highest BCUT2D eigenvalue weighted by atomic mass is 14.3. The van der Waals surface area contributed by atoms with Gasteiger partial charge in [-0.15, -0.1) is 0 Å². The van der Waals surface area contributed by atoms with E-state index in [0.717, 1.165) is 5.92 Å².